The van der Waals surface area contributed by atoms with Gasteiger partial charge in [0.25, 0.3) is 0 Å². The number of carbonyl (C=O) groups is 1. The molecule has 0 saturated heterocycles. The summed E-state index contributed by atoms with van der Waals surface area (Å²) >= 11 is 0. The number of ether oxygens (including phenoxy) is 1. The van der Waals surface area contributed by atoms with Crippen molar-refractivity contribution >= 4 is 5.97 Å². The maximum Gasteiger partial charge on any atom is 0.339 e. The van der Waals surface area contributed by atoms with E-state index >= 15 is 0 Å². The van der Waals surface area contributed by atoms with Crippen molar-refractivity contribution in [2.24, 2.45) is 0 Å². The highest BCUT2D eigenvalue weighted by Crippen LogP contribution is 2.46. The molecule has 0 aromatic heterocycles. The van der Waals surface area contributed by atoms with Gasteiger partial charge in [-0.25, -0.2) is 4.79 Å². The molecule has 0 bridgehead atoms. The second kappa shape index (κ2) is 17.5. The topological polar surface area (TPSA) is 85.2 Å². The summed E-state index contributed by atoms with van der Waals surface area (Å²) in [5.41, 5.74) is 1.46. The van der Waals surface area contributed by atoms with Gasteiger partial charge < -0.3 is 19.8 Å². The Kier molecular flexibility index (Phi) is 15.4. The van der Waals surface area contributed by atoms with Crippen LogP contribution in [0.25, 0.3) is 0 Å². The molecule has 0 spiro atoms. The minimum absolute atomic E-state index is 0.00223. The van der Waals surface area contributed by atoms with Gasteiger partial charge in [0.1, 0.15) is 5.56 Å². The molecule has 0 unspecified atom stereocenters. The fourth-order valence-corrected chi connectivity index (χ4v) is 3.87. The Labute approximate surface area is 200 Å². The van der Waals surface area contributed by atoms with Gasteiger partial charge in [0.15, 0.2) is 11.5 Å². The number of hydrogen-bond donors (Lipinski definition) is 2. The van der Waals surface area contributed by atoms with E-state index in [4.69, 9.17) is 14.5 Å². The lowest BCUT2D eigenvalue weighted by Crippen LogP contribution is -2.13. The summed E-state index contributed by atoms with van der Waals surface area (Å²) in [6.45, 7) is 9.29. The molecule has 0 saturated carbocycles. The molecule has 0 atom stereocenters. The van der Waals surface area contributed by atoms with Crippen molar-refractivity contribution in [1.82, 2.24) is 0 Å². The summed E-state index contributed by atoms with van der Waals surface area (Å²) in [6, 6.07) is 0. The van der Waals surface area contributed by atoms with Crippen LogP contribution in [0.3, 0.4) is 0 Å². The van der Waals surface area contributed by atoms with E-state index in [9.17, 15) is 15.0 Å². The number of unbranched alkanes of at least 4 members (excludes halogenated alkanes) is 8. The van der Waals surface area contributed by atoms with E-state index in [0.717, 1.165) is 82.6 Å². The highest BCUT2D eigenvalue weighted by atomic mass is 17.2. The number of aromatic carboxylic acids is 1. The molecule has 1 aromatic rings. The van der Waals surface area contributed by atoms with Crippen LogP contribution in [0, 0.1) is 0 Å². The van der Waals surface area contributed by atoms with E-state index in [2.05, 4.69) is 20.8 Å². The predicted octanol–water partition coefficient (Wildman–Crippen LogP) is 7.63. The number of aromatic hydroxyl groups is 1. The fourth-order valence-electron chi connectivity index (χ4n) is 3.87. The zero-order chi connectivity index (χ0) is 24.5. The number of hydrogen-bond acceptors (Lipinski definition) is 5. The summed E-state index contributed by atoms with van der Waals surface area (Å²) < 4.78 is 6.15. The van der Waals surface area contributed by atoms with Crippen LogP contribution in [0.15, 0.2) is 0 Å². The molecule has 0 fully saturated rings. The number of phenols is 1. The number of rotatable bonds is 20. The molecule has 33 heavy (non-hydrogen) atoms. The van der Waals surface area contributed by atoms with E-state index in [0.29, 0.717) is 37.4 Å². The summed E-state index contributed by atoms with van der Waals surface area (Å²) in [6.07, 6.45) is 13.2. The third-order valence-corrected chi connectivity index (χ3v) is 5.84. The van der Waals surface area contributed by atoms with Gasteiger partial charge in [0.05, 0.1) is 13.2 Å². The van der Waals surface area contributed by atoms with E-state index in [1.165, 1.54) is 0 Å². The van der Waals surface area contributed by atoms with Crippen molar-refractivity contribution in [3.05, 3.63) is 16.7 Å². The third kappa shape index (κ3) is 9.83. The average Bonchev–Trinajstić information content (AvgIpc) is 2.79. The van der Waals surface area contributed by atoms with Crippen LogP contribution in [0.5, 0.6) is 17.2 Å². The lowest BCUT2D eigenvalue weighted by Gasteiger charge is -2.22. The van der Waals surface area contributed by atoms with E-state index in [1.54, 1.807) is 0 Å². The molecule has 1 rings (SSSR count). The van der Waals surface area contributed by atoms with Crippen molar-refractivity contribution in [2.45, 2.75) is 118 Å². The standard InChI is InChI=1S/C27H46O6/c1-5-9-13-15-17-21-22(18-16-14-10-6-2)25(31-19-11-7-3)26(33-32-20-12-8-4)24(28)23(21)27(29)30/h28H,5-20H2,1-4H3,(H,29,30). The van der Waals surface area contributed by atoms with Crippen molar-refractivity contribution in [3.63, 3.8) is 0 Å². The van der Waals surface area contributed by atoms with Gasteiger partial charge in [0.2, 0.25) is 5.75 Å². The van der Waals surface area contributed by atoms with Crippen molar-refractivity contribution in [1.29, 1.82) is 0 Å². The van der Waals surface area contributed by atoms with Gasteiger partial charge in [-0.3, -0.25) is 0 Å². The molecule has 0 aliphatic carbocycles. The maximum absolute atomic E-state index is 12.3. The Morgan fingerprint density at radius 3 is 1.79 bits per heavy atom. The monoisotopic (exact) mass is 466 g/mol. The van der Waals surface area contributed by atoms with E-state index < -0.39 is 11.7 Å². The Hall–Kier alpha value is -1.95. The Balaban J connectivity index is 3.49. The fraction of sp³-hybridized carbons (Fsp3) is 0.741. The van der Waals surface area contributed by atoms with Crippen LogP contribution in [0.1, 0.15) is 126 Å². The SMILES string of the molecule is CCCCCCc1c(CCCCCC)c(C(=O)O)c(O)c(OOCCCC)c1OCCCC. The van der Waals surface area contributed by atoms with Crippen LogP contribution in [0.4, 0.5) is 0 Å². The summed E-state index contributed by atoms with van der Waals surface area (Å²) in [7, 11) is 0. The number of benzene rings is 1. The number of carboxylic acid groups (broad SMARTS) is 1. The van der Waals surface area contributed by atoms with Crippen molar-refractivity contribution < 1.29 is 29.5 Å². The summed E-state index contributed by atoms with van der Waals surface area (Å²) in [5, 5.41) is 21.0. The average molecular weight is 467 g/mol. The van der Waals surface area contributed by atoms with E-state index in [-0.39, 0.29) is 11.3 Å². The van der Waals surface area contributed by atoms with Gasteiger partial charge in [-0.05, 0) is 44.1 Å². The quantitative estimate of drug-likeness (QED) is 0.117. The molecular weight excluding hydrogens is 420 g/mol. The zero-order valence-corrected chi connectivity index (χ0v) is 21.3. The second-order valence-corrected chi connectivity index (χ2v) is 8.73. The first-order chi connectivity index (χ1) is 16.0. The first-order valence-corrected chi connectivity index (χ1v) is 13.1. The minimum atomic E-state index is -1.15. The summed E-state index contributed by atoms with van der Waals surface area (Å²) in [4.78, 5) is 23.1. The van der Waals surface area contributed by atoms with Gasteiger partial charge >= 0.3 is 5.97 Å². The molecule has 0 radical (unpaired) electrons. The lowest BCUT2D eigenvalue weighted by atomic mass is 9.90. The molecule has 0 aliphatic rings. The molecule has 1 aromatic carbocycles. The molecule has 0 aliphatic heterocycles. The first kappa shape index (κ1) is 29.1. The van der Waals surface area contributed by atoms with E-state index in [1.807, 2.05) is 6.92 Å². The van der Waals surface area contributed by atoms with Crippen molar-refractivity contribution in [2.75, 3.05) is 13.2 Å². The number of carboxylic acids is 1. The zero-order valence-electron chi connectivity index (χ0n) is 21.3. The van der Waals surface area contributed by atoms with Crippen LogP contribution < -0.4 is 9.62 Å². The van der Waals surface area contributed by atoms with Gasteiger partial charge in [0, 0.05) is 5.56 Å². The van der Waals surface area contributed by atoms with Crippen LogP contribution in [0.2, 0.25) is 0 Å². The first-order valence-electron chi connectivity index (χ1n) is 13.1. The molecule has 2 N–H and O–H groups in total. The predicted molar refractivity (Wildman–Crippen MR) is 133 cm³/mol. The molecule has 6 nitrogen and oxygen atoms in total. The lowest BCUT2D eigenvalue weighted by molar-refractivity contribution is -0.209. The molecule has 0 heterocycles. The highest BCUT2D eigenvalue weighted by molar-refractivity contribution is 5.95. The molecule has 190 valence electrons. The van der Waals surface area contributed by atoms with Crippen LogP contribution in [-0.2, 0) is 17.7 Å². The largest absolute Gasteiger partial charge is 0.503 e. The van der Waals surface area contributed by atoms with Gasteiger partial charge in [-0.2, -0.15) is 4.89 Å². The molecular formula is C27H46O6. The Morgan fingerprint density at radius 2 is 1.24 bits per heavy atom. The Bertz CT molecular complexity index is 686. The smallest absolute Gasteiger partial charge is 0.339 e. The molecule has 0 amide bonds. The van der Waals surface area contributed by atoms with Crippen LogP contribution in [-0.4, -0.2) is 29.4 Å². The second-order valence-electron chi connectivity index (χ2n) is 8.73. The summed E-state index contributed by atoms with van der Waals surface area (Å²) in [5.74, 6) is -1.09. The highest BCUT2D eigenvalue weighted by Gasteiger charge is 2.30. The van der Waals surface area contributed by atoms with Gasteiger partial charge in [-0.1, -0.05) is 79.1 Å². The normalized spacial score (nSPS) is 11.0. The van der Waals surface area contributed by atoms with Gasteiger partial charge in [-0.15, -0.1) is 0 Å². The third-order valence-electron chi connectivity index (χ3n) is 5.84. The molecule has 6 heteroatoms. The Morgan fingerprint density at radius 1 is 0.697 bits per heavy atom. The van der Waals surface area contributed by atoms with Crippen molar-refractivity contribution in [3.8, 4) is 17.2 Å². The minimum Gasteiger partial charge on any atom is -0.503 e. The maximum atomic E-state index is 12.3. The van der Waals surface area contributed by atoms with Crippen LogP contribution >= 0.6 is 0 Å².